The zero-order chi connectivity index (χ0) is 37.7. The van der Waals surface area contributed by atoms with E-state index < -0.39 is 85.4 Å². The molecule has 0 aliphatic heterocycles. The van der Waals surface area contributed by atoms with E-state index in [4.69, 9.17) is 14.2 Å². The van der Waals surface area contributed by atoms with Crippen LogP contribution in [-0.2, 0) is 29.1 Å². The van der Waals surface area contributed by atoms with E-state index in [2.05, 4.69) is 42.8 Å². The number of Topliss-reactive ketones (excluding diaryl/α,β-unsaturated/α-hetero) is 1. The van der Waals surface area contributed by atoms with Crippen molar-refractivity contribution in [2.45, 2.75) is 102 Å². The molecule has 2 aromatic rings. The van der Waals surface area contributed by atoms with Crippen LogP contribution in [0.1, 0.15) is 73.6 Å². The number of rotatable bonds is 12. The Kier molecular flexibility index (Phi) is 10.6. The van der Waals surface area contributed by atoms with Gasteiger partial charge in [-0.3, -0.25) is 19.1 Å². The molecule has 3 saturated carbocycles. The molecular weight excluding hydrogens is 744 g/mol. The van der Waals surface area contributed by atoms with Crippen LogP contribution in [0.2, 0.25) is 0 Å². The highest BCUT2D eigenvalue weighted by atomic mass is 79.9. The van der Waals surface area contributed by atoms with Gasteiger partial charge in [-0.25, -0.2) is 18.2 Å². The SMILES string of the molecule is C=CC1C[C@]1(NC(=O)[C@@H]1C[C@@H](Oc2nc(Br)c(OC)c3ccccc23)CC1C(=O)[C@@H](NC(=O)OC(C)(C)C)C(C)(C)C)C(=O)NS(=O)(=O)C1CC1. The topological polar surface area (TPSA) is 179 Å². The van der Waals surface area contributed by atoms with Crippen molar-refractivity contribution in [3.05, 3.63) is 41.5 Å². The van der Waals surface area contributed by atoms with Gasteiger partial charge in [-0.1, -0.05) is 45.0 Å². The Morgan fingerprint density at radius 3 is 2.22 bits per heavy atom. The molecule has 1 aromatic carbocycles. The maximum Gasteiger partial charge on any atom is 0.408 e. The van der Waals surface area contributed by atoms with Gasteiger partial charge in [-0.2, -0.15) is 0 Å². The third-order valence-corrected chi connectivity index (χ3v) is 11.9. The van der Waals surface area contributed by atoms with Crippen molar-refractivity contribution in [3.63, 3.8) is 0 Å². The molecule has 3 N–H and O–H groups in total. The number of hydrogen-bond donors (Lipinski definition) is 3. The number of ketones is 1. The average molecular weight is 792 g/mol. The third kappa shape index (κ3) is 8.34. The van der Waals surface area contributed by atoms with E-state index in [0.29, 0.717) is 28.6 Å². The quantitative estimate of drug-likeness (QED) is 0.197. The molecule has 0 spiro atoms. The number of sulfonamides is 1. The highest BCUT2D eigenvalue weighted by Crippen LogP contribution is 2.47. The number of fused-ring (bicyclic) bond motifs is 1. The second-order valence-electron chi connectivity index (χ2n) is 15.7. The number of aromatic nitrogens is 1. The Morgan fingerprint density at radius 2 is 1.67 bits per heavy atom. The van der Waals surface area contributed by atoms with Crippen molar-refractivity contribution in [3.8, 4) is 11.6 Å². The molecule has 13 nitrogen and oxygen atoms in total. The Balaban J connectivity index is 1.47. The normalized spacial score (nSPS) is 25.3. The van der Waals surface area contributed by atoms with Gasteiger partial charge in [-0.05, 0) is 80.3 Å². The number of methoxy groups -OCH3 is 1. The molecule has 1 aromatic heterocycles. The first-order chi connectivity index (χ1) is 23.7. The van der Waals surface area contributed by atoms with Crippen LogP contribution >= 0.6 is 15.9 Å². The number of carbonyl (C=O) groups excluding carboxylic acids is 4. The van der Waals surface area contributed by atoms with Gasteiger partial charge in [0.05, 0.1) is 24.3 Å². The maximum absolute atomic E-state index is 14.5. The number of pyridine rings is 1. The molecule has 3 fully saturated rings. The first kappa shape index (κ1) is 38.5. The van der Waals surface area contributed by atoms with E-state index in [9.17, 15) is 27.6 Å². The summed E-state index contributed by atoms with van der Waals surface area (Å²) in [6, 6.07) is 6.32. The van der Waals surface area contributed by atoms with Gasteiger partial charge >= 0.3 is 6.09 Å². The molecule has 3 aliphatic carbocycles. The summed E-state index contributed by atoms with van der Waals surface area (Å²) in [7, 11) is -2.36. The Hall–Kier alpha value is -3.72. The zero-order valence-electron chi connectivity index (χ0n) is 30.0. The fourth-order valence-corrected chi connectivity index (χ4v) is 8.60. The highest BCUT2D eigenvalue weighted by molar-refractivity contribution is 9.10. The van der Waals surface area contributed by atoms with Gasteiger partial charge in [0.15, 0.2) is 16.1 Å². The number of alkyl carbamates (subject to hydrolysis) is 1. The molecule has 278 valence electrons. The van der Waals surface area contributed by atoms with Gasteiger partial charge in [0.2, 0.25) is 21.8 Å². The minimum atomic E-state index is -3.89. The molecule has 15 heteroatoms. The van der Waals surface area contributed by atoms with Crippen molar-refractivity contribution in [2.24, 2.45) is 23.2 Å². The Bertz CT molecular complexity index is 1850. The molecule has 0 saturated heterocycles. The minimum Gasteiger partial charge on any atom is -0.493 e. The molecule has 6 atom stereocenters. The first-order valence-corrected chi connectivity index (χ1v) is 19.4. The summed E-state index contributed by atoms with van der Waals surface area (Å²) < 4.78 is 45.4. The van der Waals surface area contributed by atoms with Crippen LogP contribution in [0, 0.1) is 23.2 Å². The number of benzene rings is 1. The minimum absolute atomic E-state index is 0.0715. The molecule has 1 heterocycles. The van der Waals surface area contributed by atoms with Crippen molar-refractivity contribution in [1.82, 2.24) is 20.3 Å². The molecular formula is C36H47BrN4O9S. The van der Waals surface area contributed by atoms with E-state index >= 15 is 0 Å². The summed E-state index contributed by atoms with van der Waals surface area (Å²) in [5.74, 6) is -3.54. The van der Waals surface area contributed by atoms with Gasteiger partial charge < -0.3 is 24.8 Å². The molecule has 3 aliphatic rings. The van der Waals surface area contributed by atoms with Crippen molar-refractivity contribution >= 4 is 60.4 Å². The fourth-order valence-electron chi connectivity index (χ4n) is 6.69. The van der Waals surface area contributed by atoms with Gasteiger partial charge in [-0.15, -0.1) is 6.58 Å². The van der Waals surface area contributed by atoms with Crippen LogP contribution in [0.25, 0.3) is 10.8 Å². The summed E-state index contributed by atoms with van der Waals surface area (Å²) >= 11 is 3.46. The summed E-state index contributed by atoms with van der Waals surface area (Å²) in [6.07, 6.45) is 1.29. The monoisotopic (exact) mass is 790 g/mol. The second kappa shape index (κ2) is 14.0. The summed E-state index contributed by atoms with van der Waals surface area (Å²) in [6.45, 7) is 14.3. The van der Waals surface area contributed by atoms with Crippen LogP contribution in [0.3, 0.4) is 0 Å². The lowest BCUT2D eigenvalue weighted by Crippen LogP contribution is -2.56. The van der Waals surface area contributed by atoms with E-state index in [1.807, 2.05) is 24.3 Å². The molecule has 3 amide bonds. The predicted octanol–water partition coefficient (Wildman–Crippen LogP) is 4.96. The predicted molar refractivity (Wildman–Crippen MR) is 194 cm³/mol. The highest BCUT2D eigenvalue weighted by Gasteiger charge is 2.62. The van der Waals surface area contributed by atoms with E-state index in [1.54, 1.807) is 41.5 Å². The number of carbonyl (C=O) groups is 4. The number of nitrogens with one attached hydrogen (secondary N) is 3. The lowest BCUT2D eigenvalue weighted by atomic mass is 9.77. The van der Waals surface area contributed by atoms with E-state index in [1.165, 1.54) is 13.2 Å². The molecule has 0 radical (unpaired) electrons. The zero-order valence-corrected chi connectivity index (χ0v) is 32.4. The number of amides is 3. The molecule has 5 rings (SSSR count). The smallest absolute Gasteiger partial charge is 0.408 e. The largest absolute Gasteiger partial charge is 0.493 e. The van der Waals surface area contributed by atoms with Gasteiger partial charge in [0, 0.05) is 22.6 Å². The third-order valence-electron chi connectivity index (χ3n) is 9.55. The number of halogens is 1. The van der Waals surface area contributed by atoms with Crippen molar-refractivity contribution in [2.75, 3.05) is 7.11 Å². The lowest BCUT2D eigenvalue weighted by molar-refractivity contribution is -0.137. The summed E-state index contributed by atoms with van der Waals surface area (Å²) in [4.78, 5) is 59.8. The van der Waals surface area contributed by atoms with Crippen LogP contribution in [0.5, 0.6) is 11.6 Å². The van der Waals surface area contributed by atoms with E-state index in [-0.39, 0.29) is 25.1 Å². The molecule has 2 unspecified atom stereocenters. The van der Waals surface area contributed by atoms with Crippen LogP contribution in [-0.4, -0.2) is 72.7 Å². The average Bonchev–Trinajstić information content (AvgIpc) is 3.95. The number of hydrogen-bond acceptors (Lipinski definition) is 10. The van der Waals surface area contributed by atoms with Crippen molar-refractivity contribution < 1.29 is 41.8 Å². The number of nitrogens with zero attached hydrogens (tertiary/aromatic N) is 1. The van der Waals surface area contributed by atoms with Crippen LogP contribution in [0.4, 0.5) is 4.79 Å². The Morgan fingerprint density at radius 1 is 1.04 bits per heavy atom. The Labute approximate surface area is 307 Å². The van der Waals surface area contributed by atoms with E-state index in [0.717, 1.165) is 5.39 Å². The van der Waals surface area contributed by atoms with Crippen LogP contribution in [0.15, 0.2) is 41.5 Å². The first-order valence-electron chi connectivity index (χ1n) is 17.0. The van der Waals surface area contributed by atoms with Crippen LogP contribution < -0.4 is 24.8 Å². The molecule has 51 heavy (non-hydrogen) atoms. The fraction of sp³-hybridized carbons (Fsp3) is 0.583. The summed E-state index contributed by atoms with van der Waals surface area (Å²) in [5.41, 5.74) is -3.14. The maximum atomic E-state index is 14.5. The molecule has 0 bridgehead atoms. The standard InChI is InChI=1S/C36H47BrN4O9S/c1-9-19-18-36(19,32(44)41-51(46,47)21-14-15-21)40-30(43)25-17-20(49-31-23-13-11-10-12-22(23)27(48-8)29(37)39-31)16-24(25)26(42)28(34(2,3)4)38-33(45)50-35(5,6)7/h9-13,19-21,24-25,28H,1,14-18H2,2-8H3,(H,38,45)(H,40,43)(H,41,44)/t19?,20-,24?,25+,28+,36+/m0/s1. The van der Waals surface area contributed by atoms with Gasteiger partial charge in [0.25, 0.3) is 5.91 Å². The van der Waals surface area contributed by atoms with Crippen molar-refractivity contribution in [1.29, 1.82) is 0 Å². The number of ether oxygens (including phenoxy) is 3. The lowest BCUT2D eigenvalue weighted by Gasteiger charge is -2.34. The van der Waals surface area contributed by atoms with Gasteiger partial charge in [0.1, 0.15) is 17.2 Å². The second-order valence-corrected chi connectivity index (χ2v) is 18.5. The summed E-state index contributed by atoms with van der Waals surface area (Å²) in [5, 5.41) is 6.31.